The van der Waals surface area contributed by atoms with E-state index in [0.717, 1.165) is 33.8 Å². The van der Waals surface area contributed by atoms with Crippen molar-refractivity contribution in [2.24, 2.45) is 7.05 Å². The van der Waals surface area contributed by atoms with E-state index in [2.05, 4.69) is 40.5 Å². The maximum Gasteiger partial charge on any atom is 0.272 e. The molecule has 174 valence electrons. The van der Waals surface area contributed by atoms with Crippen molar-refractivity contribution in [1.29, 1.82) is 0 Å². The molecule has 0 aliphatic heterocycles. The Bertz CT molecular complexity index is 1700. The summed E-state index contributed by atoms with van der Waals surface area (Å²) in [5.74, 6) is 1.34. The van der Waals surface area contributed by atoms with Crippen LogP contribution in [-0.2, 0) is 20.1 Å². The number of aryl methyl sites for hydroxylation is 1. The molecule has 0 N–H and O–H groups in total. The van der Waals surface area contributed by atoms with Crippen molar-refractivity contribution < 1.29 is 0 Å². The summed E-state index contributed by atoms with van der Waals surface area (Å²) in [6, 6.07) is 22.3. The van der Waals surface area contributed by atoms with Gasteiger partial charge in [0.05, 0.1) is 23.4 Å². The topological polar surface area (TPSA) is 73.2 Å². The molecule has 6 rings (SSSR count). The second-order valence-electron chi connectivity index (χ2n) is 8.57. The normalized spacial score (nSPS) is 11.7. The van der Waals surface area contributed by atoms with Crippen molar-refractivity contribution in [3.63, 3.8) is 0 Å². The highest BCUT2D eigenvalue weighted by Gasteiger charge is 2.19. The van der Waals surface area contributed by atoms with Crippen molar-refractivity contribution in [2.45, 2.75) is 13.1 Å². The Morgan fingerprint density at radius 2 is 1.69 bits per heavy atom. The quantitative estimate of drug-likeness (QED) is 0.358. The molecule has 6 aromatic rings. The van der Waals surface area contributed by atoms with Crippen LogP contribution >= 0.6 is 11.3 Å². The molecule has 8 nitrogen and oxygen atoms in total. The zero-order valence-corrected chi connectivity index (χ0v) is 20.2. The van der Waals surface area contributed by atoms with Crippen molar-refractivity contribution >= 4 is 27.3 Å². The summed E-state index contributed by atoms with van der Waals surface area (Å²) >= 11 is 1.44. The zero-order chi connectivity index (χ0) is 23.9. The molecule has 9 heteroatoms. The van der Waals surface area contributed by atoms with Crippen LogP contribution < -0.4 is 5.56 Å². The number of hydrogen-bond donors (Lipinski definition) is 0. The van der Waals surface area contributed by atoms with E-state index in [4.69, 9.17) is 5.10 Å². The molecule has 2 aromatic carbocycles. The highest BCUT2D eigenvalue weighted by molar-refractivity contribution is 7.17. The number of benzene rings is 2. The van der Waals surface area contributed by atoms with Crippen LogP contribution in [0.3, 0.4) is 0 Å². The van der Waals surface area contributed by atoms with E-state index >= 15 is 0 Å². The minimum absolute atomic E-state index is 0.0457. The van der Waals surface area contributed by atoms with E-state index in [1.807, 2.05) is 69.1 Å². The van der Waals surface area contributed by atoms with Crippen LogP contribution in [0.2, 0.25) is 0 Å². The van der Waals surface area contributed by atoms with Crippen LogP contribution in [0.5, 0.6) is 0 Å². The molecule has 0 fully saturated rings. The number of nitrogens with zero attached hydrogens (tertiary/aromatic N) is 7. The number of fused-ring (bicyclic) bond motifs is 3. The van der Waals surface area contributed by atoms with Gasteiger partial charge in [0.1, 0.15) is 4.70 Å². The van der Waals surface area contributed by atoms with E-state index in [1.54, 1.807) is 11.6 Å². The Hall–Kier alpha value is -4.08. The average molecular weight is 482 g/mol. The van der Waals surface area contributed by atoms with E-state index in [-0.39, 0.29) is 5.56 Å². The third kappa shape index (κ3) is 3.74. The van der Waals surface area contributed by atoms with Gasteiger partial charge >= 0.3 is 0 Å². The Morgan fingerprint density at radius 1 is 0.943 bits per heavy atom. The average Bonchev–Trinajstić information content (AvgIpc) is 3.62. The van der Waals surface area contributed by atoms with Gasteiger partial charge in [-0.1, -0.05) is 48.5 Å². The Balaban J connectivity index is 1.36. The Kier molecular flexibility index (Phi) is 5.28. The van der Waals surface area contributed by atoms with Crippen molar-refractivity contribution in [2.75, 3.05) is 7.05 Å². The molecule has 0 bridgehead atoms. The molecule has 0 aliphatic rings. The minimum Gasteiger partial charge on any atom is -0.295 e. The highest BCUT2D eigenvalue weighted by Crippen LogP contribution is 2.25. The lowest BCUT2D eigenvalue weighted by atomic mass is 10.1. The van der Waals surface area contributed by atoms with E-state index in [1.165, 1.54) is 11.3 Å². The van der Waals surface area contributed by atoms with E-state index in [0.29, 0.717) is 23.6 Å². The van der Waals surface area contributed by atoms with Gasteiger partial charge in [-0.15, -0.1) is 21.5 Å². The molecular formula is C26H23N7OS. The van der Waals surface area contributed by atoms with Crippen molar-refractivity contribution in [3.05, 3.63) is 100 Å². The van der Waals surface area contributed by atoms with E-state index in [9.17, 15) is 4.79 Å². The summed E-state index contributed by atoms with van der Waals surface area (Å²) in [6.45, 7) is 1.24. The Morgan fingerprint density at radius 3 is 2.46 bits per heavy atom. The SMILES string of the molecule is CN(Cc1cn(-c2ccccc2)nc1-c1ccccc1)Cc1nnc2n(C)c(=O)c3sccc3n12. The third-order valence-electron chi connectivity index (χ3n) is 6.11. The predicted octanol–water partition coefficient (Wildman–Crippen LogP) is 4.13. The van der Waals surface area contributed by atoms with Gasteiger partial charge in [-0.3, -0.25) is 18.7 Å². The van der Waals surface area contributed by atoms with Crippen molar-refractivity contribution in [1.82, 2.24) is 33.8 Å². The molecule has 0 saturated carbocycles. The number of para-hydroxylation sites is 1. The highest BCUT2D eigenvalue weighted by atomic mass is 32.1. The predicted molar refractivity (Wildman–Crippen MR) is 138 cm³/mol. The first-order valence-corrected chi connectivity index (χ1v) is 12.2. The van der Waals surface area contributed by atoms with Crippen LogP contribution in [-0.4, -0.2) is 40.9 Å². The summed E-state index contributed by atoms with van der Waals surface area (Å²) in [6.07, 6.45) is 2.09. The number of thiophene rings is 1. The molecule has 35 heavy (non-hydrogen) atoms. The largest absolute Gasteiger partial charge is 0.295 e. The molecule has 0 atom stereocenters. The summed E-state index contributed by atoms with van der Waals surface area (Å²) in [5.41, 5.74) is 4.97. The first-order chi connectivity index (χ1) is 17.1. The second kappa shape index (κ2) is 8.61. The summed E-state index contributed by atoms with van der Waals surface area (Å²) in [4.78, 5) is 14.8. The monoisotopic (exact) mass is 481 g/mol. The van der Waals surface area contributed by atoms with Gasteiger partial charge in [0.15, 0.2) is 5.82 Å². The number of rotatable bonds is 6. The lowest BCUT2D eigenvalue weighted by Gasteiger charge is -2.16. The fourth-order valence-corrected chi connectivity index (χ4v) is 5.27. The van der Waals surface area contributed by atoms with Gasteiger partial charge in [0, 0.05) is 30.9 Å². The lowest BCUT2D eigenvalue weighted by molar-refractivity contribution is 0.310. The van der Waals surface area contributed by atoms with Gasteiger partial charge < -0.3 is 0 Å². The van der Waals surface area contributed by atoms with Crippen molar-refractivity contribution in [3.8, 4) is 16.9 Å². The maximum atomic E-state index is 12.6. The lowest BCUT2D eigenvalue weighted by Crippen LogP contribution is -2.22. The van der Waals surface area contributed by atoms with Crippen LogP contribution in [0.4, 0.5) is 0 Å². The fourth-order valence-electron chi connectivity index (χ4n) is 4.42. The molecule has 0 saturated heterocycles. The first kappa shape index (κ1) is 21.5. The van der Waals surface area contributed by atoms with Gasteiger partial charge in [-0.25, -0.2) is 4.68 Å². The molecule has 0 unspecified atom stereocenters. The van der Waals surface area contributed by atoms with Gasteiger partial charge in [-0.05, 0) is 30.6 Å². The second-order valence-corrected chi connectivity index (χ2v) is 9.49. The number of aromatic nitrogens is 6. The Labute approximate surface area is 205 Å². The summed E-state index contributed by atoms with van der Waals surface area (Å²) < 4.78 is 6.18. The molecule has 4 heterocycles. The smallest absolute Gasteiger partial charge is 0.272 e. The molecule has 0 radical (unpaired) electrons. The first-order valence-electron chi connectivity index (χ1n) is 11.3. The summed E-state index contributed by atoms with van der Waals surface area (Å²) in [7, 11) is 3.80. The standard InChI is InChI=1S/C26H23N7OS/c1-30(17-22-27-28-26-31(2)25(34)24-21(33(22)26)13-14-35-24)15-19-16-32(20-11-7-4-8-12-20)29-23(19)18-9-5-3-6-10-18/h3-14,16H,15,17H2,1-2H3. The van der Waals surface area contributed by atoms with Crippen LogP contribution in [0.15, 0.2) is 83.1 Å². The van der Waals surface area contributed by atoms with Gasteiger partial charge in [0.2, 0.25) is 5.78 Å². The minimum atomic E-state index is -0.0457. The molecule has 4 aromatic heterocycles. The zero-order valence-electron chi connectivity index (χ0n) is 19.4. The molecule has 0 spiro atoms. The fraction of sp³-hybridized carbons (Fsp3) is 0.154. The van der Waals surface area contributed by atoms with Gasteiger partial charge in [0.25, 0.3) is 5.56 Å². The molecular weight excluding hydrogens is 458 g/mol. The number of hydrogen-bond acceptors (Lipinski definition) is 6. The van der Waals surface area contributed by atoms with Crippen LogP contribution in [0, 0.1) is 0 Å². The third-order valence-corrected chi connectivity index (χ3v) is 7.00. The van der Waals surface area contributed by atoms with Crippen LogP contribution in [0.25, 0.3) is 32.9 Å². The van der Waals surface area contributed by atoms with Gasteiger partial charge in [-0.2, -0.15) is 5.10 Å². The molecule has 0 aliphatic carbocycles. The van der Waals surface area contributed by atoms with Crippen LogP contribution in [0.1, 0.15) is 11.4 Å². The molecule has 0 amide bonds. The summed E-state index contributed by atoms with van der Waals surface area (Å²) in [5, 5.41) is 15.6. The van der Waals surface area contributed by atoms with E-state index < -0.39 is 0 Å². The maximum absolute atomic E-state index is 12.6.